The molecule has 2 N–H and O–H groups in total. The SMILES string of the molecule is O=C1CCC(C(=O)Nc2ccc(Cl)c3cccnc23)=NN1. The lowest BCUT2D eigenvalue weighted by molar-refractivity contribution is -0.121. The average molecular weight is 303 g/mol. The molecule has 1 aliphatic heterocycles. The Kier molecular flexibility index (Phi) is 3.53. The van der Waals surface area contributed by atoms with Crippen LogP contribution in [0, 0.1) is 0 Å². The molecule has 0 fully saturated rings. The number of carbonyl (C=O) groups is 2. The molecule has 1 aliphatic rings. The van der Waals surface area contributed by atoms with E-state index >= 15 is 0 Å². The third-order valence-electron chi connectivity index (χ3n) is 3.13. The lowest BCUT2D eigenvalue weighted by atomic mass is 10.1. The van der Waals surface area contributed by atoms with Crippen molar-refractivity contribution in [1.29, 1.82) is 0 Å². The summed E-state index contributed by atoms with van der Waals surface area (Å²) in [4.78, 5) is 27.4. The van der Waals surface area contributed by atoms with Gasteiger partial charge in [0.2, 0.25) is 5.91 Å². The fraction of sp³-hybridized carbons (Fsp3) is 0.143. The number of halogens is 1. The Labute approximate surface area is 125 Å². The Morgan fingerprint density at radius 2 is 2.14 bits per heavy atom. The molecule has 1 aromatic heterocycles. The summed E-state index contributed by atoms with van der Waals surface area (Å²) < 4.78 is 0. The number of benzene rings is 1. The highest BCUT2D eigenvalue weighted by Crippen LogP contribution is 2.28. The number of pyridine rings is 1. The zero-order chi connectivity index (χ0) is 14.8. The van der Waals surface area contributed by atoms with E-state index in [2.05, 4.69) is 20.8 Å². The number of nitrogens with one attached hydrogen (secondary N) is 2. The first-order chi connectivity index (χ1) is 10.1. The van der Waals surface area contributed by atoms with Gasteiger partial charge in [-0.25, -0.2) is 5.43 Å². The van der Waals surface area contributed by atoms with Crippen molar-refractivity contribution in [3.05, 3.63) is 35.5 Å². The van der Waals surface area contributed by atoms with Crippen molar-refractivity contribution in [3.8, 4) is 0 Å². The summed E-state index contributed by atoms with van der Waals surface area (Å²) in [5.41, 5.74) is 3.75. The van der Waals surface area contributed by atoms with E-state index in [0.29, 0.717) is 22.6 Å². The number of nitrogens with zero attached hydrogens (tertiary/aromatic N) is 2. The molecule has 3 rings (SSSR count). The Morgan fingerprint density at radius 1 is 1.29 bits per heavy atom. The maximum atomic E-state index is 12.1. The number of aromatic nitrogens is 1. The Morgan fingerprint density at radius 3 is 2.90 bits per heavy atom. The first kappa shape index (κ1) is 13.5. The van der Waals surface area contributed by atoms with Crippen LogP contribution in [-0.2, 0) is 9.59 Å². The standard InChI is InChI=1S/C14H11ClN4O2/c15-9-3-4-10(13-8(9)2-1-7-16-13)17-14(21)11-5-6-12(20)19-18-11/h1-4,7H,5-6H2,(H,17,21)(H,19,20). The number of carbonyl (C=O) groups excluding carboxylic acids is 2. The number of hydrazone groups is 1. The van der Waals surface area contributed by atoms with Crippen LogP contribution in [0.5, 0.6) is 0 Å². The number of hydrogen-bond acceptors (Lipinski definition) is 4. The summed E-state index contributed by atoms with van der Waals surface area (Å²) in [7, 11) is 0. The maximum Gasteiger partial charge on any atom is 0.271 e. The second-order valence-electron chi connectivity index (χ2n) is 4.54. The first-order valence-electron chi connectivity index (χ1n) is 6.35. The Hall–Kier alpha value is -2.47. The number of amides is 2. The molecule has 0 unspecified atom stereocenters. The molecule has 2 amide bonds. The van der Waals surface area contributed by atoms with Crippen LogP contribution in [0.4, 0.5) is 5.69 Å². The van der Waals surface area contributed by atoms with Gasteiger partial charge in [0, 0.05) is 24.4 Å². The fourth-order valence-electron chi connectivity index (χ4n) is 2.07. The topological polar surface area (TPSA) is 83.5 Å². The monoisotopic (exact) mass is 302 g/mol. The molecule has 1 aromatic carbocycles. The van der Waals surface area contributed by atoms with Gasteiger partial charge in [0.25, 0.3) is 5.91 Å². The van der Waals surface area contributed by atoms with Crippen LogP contribution in [0.15, 0.2) is 35.6 Å². The van der Waals surface area contributed by atoms with E-state index in [1.807, 2.05) is 6.07 Å². The molecule has 2 aromatic rings. The van der Waals surface area contributed by atoms with Gasteiger partial charge in [-0.1, -0.05) is 11.6 Å². The van der Waals surface area contributed by atoms with Crippen LogP contribution < -0.4 is 10.7 Å². The summed E-state index contributed by atoms with van der Waals surface area (Å²) >= 11 is 6.11. The van der Waals surface area contributed by atoms with Crippen LogP contribution in [0.25, 0.3) is 10.9 Å². The van der Waals surface area contributed by atoms with E-state index in [1.165, 1.54) is 0 Å². The second kappa shape index (κ2) is 5.49. The molecule has 0 radical (unpaired) electrons. The lowest BCUT2D eigenvalue weighted by Crippen LogP contribution is -2.32. The largest absolute Gasteiger partial charge is 0.319 e. The number of anilines is 1. The molecular weight excluding hydrogens is 292 g/mol. The third kappa shape index (κ3) is 2.71. The molecule has 0 bridgehead atoms. The van der Waals surface area contributed by atoms with Gasteiger partial charge in [0.05, 0.1) is 16.2 Å². The van der Waals surface area contributed by atoms with E-state index in [4.69, 9.17) is 11.6 Å². The van der Waals surface area contributed by atoms with Crippen molar-refractivity contribution in [2.75, 3.05) is 5.32 Å². The molecule has 2 heterocycles. The minimum atomic E-state index is -0.357. The van der Waals surface area contributed by atoms with Gasteiger partial charge in [0.1, 0.15) is 5.71 Å². The van der Waals surface area contributed by atoms with Crippen LogP contribution >= 0.6 is 11.6 Å². The van der Waals surface area contributed by atoms with Crippen LogP contribution in [0.1, 0.15) is 12.8 Å². The van der Waals surface area contributed by atoms with Crippen molar-refractivity contribution < 1.29 is 9.59 Å². The minimum Gasteiger partial charge on any atom is -0.319 e. The molecule has 106 valence electrons. The van der Waals surface area contributed by atoms with Crippen molar-refractivity contribution >= 4 is 45.7 Å². The normalized spacial score (nSPS) is 14.5. The summed E-state index contributed by atoms with van der Waals surface area (Å²) in [6, 6.07) is 7.00. The Balaban J connectivity index is 1.90. The minimum absolute atomic E-state index is 0.190. The molecular formula is C14H11ClN4O2. The van der Waals surface area contributed by atoms with E-state index < -0.39 is 0 Å². The van der Waals surface area contributed by atoms with Crippen LogP contribution in [-0.4, -0.2) is 22.5 Å². The summed E-state index contributed by atoms with van der Waals surface area (Å²) in [6.45, 7) is 0. The molecule has 0 spiro atoms. The van der Waals surface area contributed by atoms with Crippen molar-refractivity contribution in [3.63, 3.8) is 0 Å². The fourth-order valence-corrected chi connectivity index (χ4v) is 2.29. The molecule has 6 nitrogen and oxygen atoms in total. The quantitative estimate of drug-likeness (QED) is 0.891. The van der Waals surface area contributed by atoms with Gasteiger partial charge >= 0.3 is 0 Å². The van der Waals surface area contributed by atoms with Crippen molar-refractivity contribution in [1.82, 2.24) is 10.4 Å². The predicted molar refractivity (Wildman–Crippen MR) is 80.2 cm³/mol. The van der Waals surface area contributed by atoms with Gasteiger partial charge in [-0.05, 0) is 24.3 Å². The van der Waals surface area contributed by atoms with Crippen LogP contribution in [0.3, 0.4) is 0 Å². The lowest BCUT2D eigenvalue weighted by Gasteiger charge is -2.13. The highest BCUT2D eigenvalue weighted by atomic mass is 35.5. The molecule has 21 heavy (non-hydrogen) atoms. The highest BCUT2D eigenvalue weighted by molar-refractivity contribution is 6.44. The average Bonchev–Trinajstić information content (AvgIpc) is 2.51. The van der Waals surface area contributed by atoms with Gasteiger partial charge in [-0.3, -0.25) is 14.6 Å². The first-order valence-corrected chi connectivity index (χ1v) is 6.73. The van der Waals surface area contributed by atoms with Crippen LogP contribution in [0.2, 0.25) is 5.02 Å². The predicted octanol–water partition coefficient (Wildman–Crippen LogP) is 2.09. The zero-order valence-electron chi connectivity index (χ0n) is 10.9. The zero-order valence-corrected chi connectivity index (χ0v) is 11.6. The highest BCUT2D eigenvalue weighted by Gasteiger charge is 2.19. The Bertz CT molecular complexity index is 773. The smallest absolute Gasteiger partial charge is 0.271 e. The summed E-state index contributed by atoms with van der Waals surface area (Å²) in [6.07, 6.45) is 2.20. The summed E-state index contributed by atoms with van der Waals surface area (Å²) in [5.74, 6) is -0.547. The third-order valence-corrected chi connectivity index (χ3v) is 3.46. The van der Waals surface area contributed by atoms with Gasteiger partial charge < -0.3 is 5.32 Å². The second-order valence-corrected chi connectivity index (χ2v) is 4.95. The number of rotatable bonds is 2. The van der Waals surface area contributed by atoms with Gasteiger partial charge in [0.15, 0.2) is 0 Å². The van der Waals surface area contributed by atoms with E-state index in [0.717, 1.165) is 5.39 Å². The molecule has 7 heteroatoms. The van der Waals surface area contributed by atoms with E-state index in [1.54, 1.807) is 24.4 Å². The van der Waals surface area contributed by atoms with Crippen molar-refractivity contribution in [2.45, 2.75) is 12.8 Å². The molecule has 0 aliphatic carbocycles. The number of fused-ring (bicyclic) bond motifs is 1. The molecule has 0 saturated heterocycles. The van der Waals surface area contributed by atoms with E-state index in [9.17, 15) is 9.59 Å². The van der Waals surface area contributed by atoms with Crippen molar-refractivity contribution in [2.24, 2.45) is 5.10 Å². The maximum absolute atomic E-state index is 12.1. The molecule has 0 atom stereocenters. The van der Waals surface area contributed by atoms with Gasteiger partial charge in [-0.2, -0.15) is 5.10 Å². The van der Waals surface area contributed by atoms with E-state index in [-0.39, 0.29) is 23.9 Å². The van der Waals surface area contributed by atoms with Gasteiger partial charge in [-0.15, -0.1) is 0 Å². The molecule has 0 saturated carbocycles. The summed E-state index contributed by atoms with van der Waals surface area (Å²) in [5, 5.41) is 7.85. The number of hydrogen-bond donors (Lipinski definition) is 2.